The number of nitrogens with two attached hydrogens (primary N) is 1. The van der Waals surface area contributed by atoms with Gasteiger partial charge in [-0.2, -0.15) is 4.98 Å². The molecule has 20 heavy (non-hydrogen) atoms. The Morgan fingerprint density at radius 2 is 2.10 bits per heavy atom. The summed E-state index contributed by atoms with van der Waals surface area (Å²) < 4.78 is 15.8. The third-order valence-electron chi connectivity index (χ3n) is 3.08. The van der Waals surface area contributed by atoms with E-state index in [4.69, 9.17) is 19.7 Å². The van der Waals surface area contributed by atoms with Crippen molar-refractivity contribution in [2.24, 2.45) is 5.73 Å². The fourth-order valence-electron chi connectivity index (χ4n) is 1.80. The zero-order valence-electron chi connectivity index (χ0n) is 11.9. The van der Waals surface area contributed by atoms with E-state index >= 15 is 0 Å². The lowest BCUT2D eigenvalue weighted by atomic mass is 10.1. The largest absolute Gasteiger partial charge is 0.497 e. The number of rotatable bonds is 6. The van der Waals surface area contributed by atoms with Crippen LogP contribution in [-0.4, -0.2) is 30.4 Å². The van der Waals surface area contributed by atoms with Gasteiger partial charge < -0.3 is 19.7 Å². The van der Waals surface area contributed by atoms with Gasteiger partial charge in [-0.1, -0.05) is 12.1 Å². The van der Waals surface area contributed by atoms with Crippen molar-refractivity contribution in [3.63, 3.8) is 0 Å². The Labute approximate surface area is 117 Å². The lowest BCUT2D eigenvalue weighted by molar-refractivity contribution is 0.389. The highest BCUT2D eigenvalue weighted by molar-refractivity contribution is 5.64. The Morgan fingerprint density at radius 1 is 1.30 bits per heavy atom. The van der Waals surface area contributed by atoms with Crippen molar-refractivity contribution < 1.29 is 14.0 Å². The van der Waals surface area contributed by atoms with E-state index in [1.54, 1.807) is 20.3 Å². The van der Waals surface area contributed by atoms with Crippen LogP contribution in [-0.2, 0) is 6.42 Å². The molecular weight excluding hydrogens is 258 g/mol. The molecule has 0 aliphatic heterocycles. The highest BCUT2D eigenvalue weighted by Gasteiger charge is 2.15. The van der Waals surface area contributed by atoms with Crippen molar-refractivity contribution >= 4 is 0 Å². The van der Waals surface area contributed by atoms with E-state index in [9.17, 15) is 0 Å². The molecule has 2 aromatic rings. The van der Waals surface area contributed by atoms with E-state index in [0.717, 1.165) is 12.0 Å². The van der Waals surface area contributed by atoms with Crippen LogP contribution in [0.3, 0.4) is 0 Å². The lowest BCUT2D eigenvalue weighted by Crippen LogP contribution is -2.21. The average Bonchev–Trinajstić information content (AvgIpc) is 2.94. The second kappa shape index (κ2) is 6.38. The summed E-state index contributed by atoms with van der Waals surface area (Å²) in [5.74, 6) is 2.35. The fourth-order valence-corrected chi connectivity index (χ4v) is 1.80. The summed E-state index contributed by atoms with van der Waals surface area (Å²) in [6.07, 6.45) is 1.47. The van der Waals surface area contributed by atoms with Gasteiger partial charge in [0, 0.05) is 18.5 Å². The zero-order valence-corrected chi connectivity index (χ0v) is 11.9. The molecule has 0 fully saturated rings. The van der Waals surface area contributed by atoms with Crippen LogP contribution in [0.15, 0.2) is 22.7 Å². The van der Waals surface area contributed by atoms with Crippen molar-refractivity contribution in [1.82, 2.24) is 10.1 Å². The molecule has 0 amide bonds. The van der Waals surface area contributed by atoms with Crippen LogP contribution in [0.4, 0.5) is 0 Å². The SMILES string of the molecule is CCC(N)Cc1noc(-c2ccc(OC)cc2OC)n1. The summed E-state index contributed by atoms with van der Waals surface area (Å²) in [4.78, 5) is 4.35. The van der Waals surface area contributed by atoms with Gasteiger partial charge in [-0.05, 0) is 18.6 Å². The Morgan fingerprint density at radius 3 is 2.75 bits per heavy atom. The molecule has 1 atom stereocenters. The van der Waals surface area contributed by atoms with Crippen molar-refractivity contribution in [1.29, 1.82) is 0 Å². The van der Waals surface area contributed by atoms with Gasteiger partial charge >= 0.3 is 0 Å². The first kappa shape index (κ1) is 14.3. The molecule has 1 heterocycles. The second-order valence-corrected chi connectivity index (χ2v) is 4.45. The average molecular weight is 277 g/mol. The first-order valence-electron chi connectivity index (χ1n) is 6.48. The minimum Gasteiger partial charge on any atom is -0.497 e. The molecule has 0 radical (unpaired) electrons. The summed E-state index contributed by atoms with van der Waals surface area (Å²) in [6.45, 7) is 2.03. The maximum absolute atomic E-state index is 5.88. The smallest absolute Gasteiger partial charge is 0.261 e. The van der Waals surface area contributed by atoms with Gasteiger partial charge in [0.1, 0.15) is 11.5 Å². The van der Waals surface area contributed by atoms with Crippen molar-refractivity contribution in [3.8, 4) is 23.0 Å². The molecule has 6 nitrogen and oxygen atoms in total. The summed E-state index contributed by atoms with van der Waals surface area (Å²) in [6, 6.07) is 5.46. The van der Waals surface area contributed by atoms with Gasteiger partial charge in [-0.3, -0.25) is 0 Å². The van der Waals surface area contributed by atoms with Gasteiger partial charge in [-0.25, -0.2) is 0 Å². The minimum absolute atomic E-state index is 0.0400. The summed E-state index contributed by atoms with van der Waals surface area (Å²) in [5.41, 5.74) is 6.62. The third-order valence-corrected chi connectivity index (χ3v) is 3.08. The second-order valence-electron chi connectivity index (χ2n) is 4.45. The molecule has 0 spiro atoms. The van der Waals surface area contributed by atoms with Crippen LogP contribution in [0.1, 0.15) is 19.2 Å². The van der Waals surface area contributed by atoms with E-state index in [-0.39, 0.29) is 6.04 Å². The standard InChI is InChI=1S/C14H19N3O3/c1-4-9(15)7-13-16-14(20-17-13)11-6-5-10(18-2)8-12(11)19-3/h5-6,8-9H,4,7,15H2,1-3H3. The monoisotopic (exact) mass is 277 g/mol. The molecule has 0 saturated heterocycles. The van der Waals surface area contributed by atoms with Crippen molar-refractivity contribution in [3.05, 3.63) is 24.0 Å². The predicted molar refractivity (Wildman–Crippen MR) is 74.8 cm³/mol. The highest BCUT2D eigenvalue weighted by atomic mass is 16.5. The first-order chi connectivity index (χ1) is 9.67. The molecule has 1 aromatic heterocycles. The number of benzene rings is 1. The molecule has 0 aliphatic rings. The fraction of sp³-hybridized carbons (Fsp3) is 0.429. The van der Waals surface area contributed by atoms with E-state index in [2.05, 4.69) is 10.1 Å². The van der Waals surface area contributed by atoms with Crippen LogP contribution >= 0.6 is 0 Å². The number of hydrogen-bond donors (Lipinski definition) is 1. The van der Waals surface area contributed by atoms with E-state index < -0.39 is 0 Å². The maximum atomic E-state index is 5.88. The van der Waals surface area contributed by atoms with Gasteiger partial charge in [-0.15, -0.1) is 0 Å². The highest BCUT2D eigenvalue weighted by Crippen LogP contribution is 2.32. The third kappa shape index (κ3) is 3.08. The van der Waals surface area contributed by atoms with Crippen LogP contribution in [0.25, 0.3) is 11.5 Å². The van der Waals surface area contributed by atoms with Crippen LogP contribution < -0.4 is 15.2 Å². The summed E-state index contributed by atoms with van der Waals surface area (Å²) in [7, 11) is 3.19. The lowest BCUT2D eigenvalue weighted by Gasteiger charge is -2.07. The van der Waals surface area contributed by atoms with Gasteiger partial charge in [0.25, 0.3) is 5.89 Å². The molecule has 1 unspecified atom stereocenters. The van der Waals surface area contributed by atoms with E-state index in [1.165, 1.54) is 0 Å². The molecule has 108 valence electrons. The summed E-state index contributed by atoms with van der Waals surface area (Å²) in [5, 5.41) is 3.95. The van der Waals surface area contributed by atoms with Crippen molar-refractivity contribution in [2.45, 2.75) is 25.8 Å². The Hall–Kier alpha value is -2.08. The molecule has 0 aliphatic carbocycles. The minimum atomic E-state index is 0.0400. The van der Waals surface area contributed by atoms with E-state index in [1.807, 2.05) is 19.1 Å². The molecule has 2 rings (SSSR count). The van der Waals surface area contributed by atoms with Crippen LogP contribution in [0, 0.1) is 0 Å². The van der Waals surface area contributed by atoms with Crippen molar-refractivity contribution in [2.75, 3.05) is 14.2 Å². The zero-order chi connectivity index (χ0) is 14.5. The maximum Gasteiger partial charge on any atom is 0.261 e. The van der Waals surface area contributed by atoms with Gasteiger partial charge in [0.2, 0.25) is 0 Å². The number of hydrogen-bond acceptors (Lipinski definition) is 6. The molecule has 1 aromatic carbocycles. The Balaban J connectivity index is 2.27. The van der Waals surface area contributed by atoms with Gasteiger partial charge in [0.05, 0.1) is 19.8 Å². The summed E-state index contributed by atoms with van der Waals surface area (Å²) >= 11 is 0. The number of nitrogens with zero attached hydrogens (tertiary/aromatic N) is 2. The van der Waals surface area contributed by atoms with Crippen LogP contribution in [0.5, 0.6) is 11.5 Å². The molecule has 0 saturated carbocycles. The van der Waals surface area contributed by atoms with Gasteiger partial charge in [0.15, 0.2) is 5.82 Å². The molecular formula is C14H19N3O3. The molecule has 0 bridgehead atoms. The quantitative estimate of drug-likeness (QED) is 0.869. The number of ether oxygens (including phenoxy) is 2. The normalized spacial score (nSPS) is 12.2. The van der Waals surface area contributed by atoms with E-state index in [0.29, 0.717) is 29.6 Å². The number of methoxy groups -OCH3 is 2. The molecule has 2 N–H and O–H groups in total. The molecule has 6 heteroatoms. The predicted octanol–water partition coefficient (Wildman–Crippen LogP) is 2.03. The topological polar surface area (TPSA) is 83.4 Å². The van der Waals surface area contributed by atoms with Crippen LogP contribution in [0.2, 0.25) is 0 Å². The Bertz CT molecular complexity index is 569. The first-order valence-corrected chi connectivity index (χ1v) is 6.48. The Kier molecular flexibility index (Phi) is 4.57. The number of aromatic nitrogens is 2.